The van der Waals surface area contributed by atoms with Crippen molar-refractivity contribution < 1.29 is 23.0 Å². The van der Waals surface area contributed by atoms with Gasteiger partial charge in [0.25, 0.3) is 0 Å². The lowest BCUT2D eigenvalue weighted by molar-refractivity contribution is -0.0512. The summed E-state index contributed by atoms with van der Waals surface area (Å²) in [6.07, 6.45) is 6.80. The average Bonchev–Trinajstić information content (AvgIpc) is 2.88. The Balaban J connectivity index is 1.94. The summed E-state index contributed by atoms with van der Waals surface area (Å²) < 4.78 is 34.4. The van der Waals surface area contributed by atoms with Gasteiger partial charge in [-0.25, -0.2) is 4.79 Å². The van der Waals surface area contributed by atoms with E-state index in [-0.39, 0.29) is 30.1 Å². The summed E-state index contributed by atoms with van der Waals surface area (Å²) in [5.74, 6) is 0.187. The Kier molecular flexibility index (Phi) is 7.28. The lowest BCUT2D eigenvalue weighted by Gasteiger charge is -2.27. The molecule has 5 nitrogen and oxygen atoms in total. The summed E-state index contributed by atoms with van der Waals surface area (Å²) in [4.78, 5) is 14.1. The fourth-order valence-corrected chi connectivity index (χ4v) is 3.13. The van der Waals surface area contributed by atoms with Gasteiger partial charge in [-0.1, -0.05) is 31.7 Å². The number of carbonyl (C=O) groups excluding carboxylic acids is 1. The first-order valence-corrected chi connectivity index (χ1v) is 8.63. The summed E-state index contributed by atoms with van der Waals surface area (Å²) in [5.41, 5.74) is 0.666. The van der Waals surface area contributed by atoms with Crippen LogP contribution in [0.2, 0.25) is 0 Å². The van der Waals surface area contributed by atoms with Crippen molar-refractivity contribution >= 4 is 6.03 Å². The molecule has 0 bridgehead atoms. The molecule has 2 rings (SSSR count). The summed E-state index contributed by atoms with van der Waals surface area (Å²) in [5, 5.41) is 2.84. The molecule has 1 fully saturated rings. The second-order valence-corrected chi connectivity index (χ2v) is 6.28. The van der Waals surface area contributed by atoms with Crippen LogP contribution >= 0.6 is 0 Å². The topological polar surface area (TPSA) is 50.8 Å². The van der Waals surface area contributed by atoms with Gasteiger partial charge in [0.05, 0.1) is 7.11 Å². The molecule has 0 heterocycles. The number of alkyl halides is 2. The number of ether oxygens (including phenoxy) is 2. The highest BCUT2D eigenvalue weighted by atomic mass is 19.3. The van der Waals surface area contributed by atoms with Crippen molar-refractivity contribution in [1.29, 1.82) is 0 Å². The standard InChI is InChI=1S/C18H26F2N2O3/c1-22(14-7-5-3-4-6-8-14)18(23)21-12-13-9-10-15(24-2)16(11-13)25-17(19)20/h9-11,14,17H,3-8,12H2,1-2H3,(H,21,23). The number of carbonyl (C=O) groups is 1. The molecule has 0 saturated heterocycles. The highest BCUT2D eigenvalue weighted by molar-refractivity contribution is 5.74. The second-order valence-electron chi connectivity index (χ2n) is 6.28. The normalized spacial score (nSPS) is 15.6. The molecule has 140 valence electrons. The molecule has 0 aromatic heterocycles. The van der Waals surface area contributed by atoms with Gasteiger partial charge in [0.1, 0.15) is 0 Å². The summed E-state index contributed by atoms with van der Waals surface area (Å²) in [6, 6.07) is 4.82. The number of rotatable bonds is 6. The Morgan fingerprint density at radius 3 is 2.52 bits per heavy atom. The van der Waals surface area contributed by atoms with E-state index in [1.807, 2.05) is 7.05 Å². The summed E-state index contributed by atoms with van der Waals surface area (Å²) in [7, 11) is 3.20. The highest BCUT2D eigenvalue weighted by Gasteiger charge is 2.21. The van der Waals surface area contributed by atoms with E-state index in [1.54, 1.807) is 17.0 Å². The third-order valence-electron chi connectivity index (χ3n) is 4.58. The van der Waals surface area contributed by atoms with E-state index in [2.05, 4.69) is 10.1 Å². The largest absolute Gasteiger partial charge is 0.493 e. The van der Waals surface area contributed by atoms with Crippen LogP contribution in [0.1, 0.15) is 44.1 Å². The molecule has 7 heteroatoms. The molecule has 0 radical (unpaired) electrons. The van der Waals surface area contributed by atoms with Gasteiger partial charge in [0.15, 0.2) is 11.5 Å². The predicted molar refractivity (Wildman–Crippen MR) is 91.1 cm³/mol. The fraction of sp³-hybridized carbons (Fsp3) is 0.611. The minimum Gasteiger partial charge on any atom is -0.493 e. The number of hydrogen-bond donors (Lipinski definition) is 1. The molecule has 0 aliphatic heterocycles. The smallest absolute Gasteiger partial charge is 0.387 e. The van der Waals surface area contributed by atoms with Crippen LogP contribution < -0.4 is 14.8 Å². The predicted octanol–water partition coefficient (Wildman–Crippen LogP) is 4.16. The van der Waals surface area contributed by atoms with Gasteiger partial charge in [-0.15, -0.1) is 0 Å². The third kappa shape index (κ3) is 5.76. The molecule has 1 N–H and O–H groups in total. The number of methoxy groups -OCH3 is 1. The Labute approximate surface area is 147 Å². The van der Waals surface area contributed by atoms with Crippen molar-refractivity contribution in [2.75, 3.05) is 14.2 Å². The lowest BCUT2D eigenvalue weighted by Crippen LogP contribution is -2.43. The molecular formula is C18H26F2N2O3. The van der Waals surface area contributed by atoms with Crippen molar-refractivity contribution in [2.24, 2.45) is 0 Å². The van der Waals surface area contributed by atoms with Crippen LogP contribution in [0.5, 0.6) is 11.5 Å². The minimum absolute atomic E-state index is 0.0404. The molecule has 0 unspecified atom stereocenters. The van der Waals surface area contributed by atoms with Crippen LogP contribution in [0.4, 0.5) is 13.6 Å². The first-order chi connectivity index (χ1) is 12.0. The van der Waals surface area contributed by atoms with E-state index in [0.29, 0.717) is 5.56 Å². The average molecular weight is 356 g/mol. The number of hydrogen-bond acceptors (Lipinski definition) is 3. The fourth-order valence-electron chi connectivity index (χ4n) is 3.13. The molecule has 1 saturated carbocycles. The number of benzene rings is 1. The number of nitrogens with one attached hydrogen (secondary N) is 1. The molecule has 1 aromatic rings. The first-order valence-electron chi connectivity index (χ1n) is 8.63. The van der Waals surface area contributed by atoms with Crippen LogP contribution in [0, 0.1) is 0 Å². The van der Waals surface area contributed by atoms with Gasteiger partial charge in [-0.2, -0.15) is 8.78 Å². The van der Waals surface area contributed by atoms with Gasteiger partial charge < -0.3 is 19.7 Å². The van der Waals surface area contributed by atoms with E-state index in [4.69, 9.17) is 4.74 Å². The van der Waals surface area contributed by atoms with Crippen molar-refractivity contribution in [3.63, 3.8) is 0 Å². The van der Waals surface area contributed by atoms with Crippen LogP contribution in [0.15, 0.2) is 18.2 Å². The quantitative estimate of drug-likeness (QED) is 0.779. The van der Waals surface area contributed by atoms with Gasteiger partial charge in [0.2, 0.25) is 0 Å². The molecule has 0 atom stereocenters. The minimum atomic E-state index is -2.93. The second kappa shape index (κ2) is 9.44. The maximum absolute atomic E-state index is 12.5. The Morgan fingerprint density at radius 1 is 1.24 bits per heavy atom. The molecule has 25 heavy (non-hydrogen) atoms. The van der Waals surface area contributed by atoms with Crippen LogP contribution in [-0.2, 0) is 6.54 Å². The third-order valence-corrected chi connectivity index (χ3v) is 4.58. The number of urea groups is 1. The summed E-state index contributed by atoms with van der Waals surface area (Å²) >= 11 is 0. The van der Waals surface area contributed by atoms with Gasteiger partial charge >= 0.3 is 12.6 Å². The van der Waals surface area contributed by atoms with Gasteiger partial charge in [0, 0.05) is 19.6 Å². The molecule has 1 aliphatic carbocycles. The van der Waals surface area contributed by atoms with E-state index in [0.717, 1.165) is 25.7 Å². The zero-order valence-corrected chi connectivity index (χ0v) is 14.8. The van der Waals surface area contributed by atoms with E-state index in [9.17, 15) is 13.6 Å². The van der Waals surface area contributed by atoms with Crippen molar-refractivity contribution in [3.8, 4) is 11.5 Å². The van der Waals surface area contributed by atoms with E-state index < -0.39 is 6.61 Å². The van der Waals surface area contributed by atoms with Gasteiger partial charge in [-0.05, 0) is 30.5 Å². The first kappa shape index (κ1) is 19.3. The van der Waals surface area contributed by atoms with Crippen molar-refractivity contribution in [1.82, 2.24) is 10.2 Å². The van der Waals surface area contributed by atoms with Gasteiger partial charge in [-0.3, -0.25) is 0 Å². The lowest BCUT2D eigenvalue weighted by atomic mass is 10.1. The maximum atomic E-state index is 12.5. The molecule has 2 amide bonds. The Morgan fingerprint density at radius 2 is 1.92 bits per heavy atom. The van der Waals surface area contributed by atoms with Crippen molar-refractivity contribution in [2.45, 2.75) is 57.7 Å². The number of amides is 2. The molecule has 1 aliphatic rings. The monoisotopic (exact) mass is 356 g/mol. The summed E-state index contributed by atoms with van der Waals surface area (Å²) in [6.45, 7) is -2.69. The van der Waals surface area contributed by atoms with E-state index in [1.165, 1.54) is 26.0 Å². The zero-order chi connectivity index (χ0) is 18.2. The Bertz CT molecular complexity index is 561. The van der Waals surface area contributed by atoms with Crippen molar-refractivity contribution in [3.05, 3.63) is 23.8 Å². The van der Waals surface area contributed by atoms with Crippen LogP contribution in [0.3, 0.4) is 0 Å². The maximum Gasteiger partial charge on any atom is 0.387 e. The van der Waals surface area contributed by atoms with Crippen LogP contribution in [-0.4, -0.2) is 37.7 Å². The zero-order valence-electron chi connectivity index (χ0n) is 14.8. The molecular weight excluding hydrogens is 330 g/mol. The SMILES string of the molecule is COc1ccc(CNC(=O)N(C)C2CCCCCC2)cc1OC(F)F. The molecule has 0 spiro atoms. The highest BCUT2D eigenvalue weighted by Crippen LogP contribution is 2.29. The van der Waals surface area contributed by atoms with E-state index >= 15 is 0 Å². The molecule has 1 aromatic carbocycles. The Hall–Kier alpha value is -2.05. The number of nitrogens with zero attached hydrogens (tertiary/aromatic N) is 1. The number of halogens is 2. The van der Waals surface area contributed by atoms with Crippen LogP contribution in [0.25, 0.3) is 0 Å².